The summed E-state index contributed by atoms with van der Waals surface area (Å²) in [6.45, 7) is 1.85. The molecule has 4 N–H and O–H groups in total. The molecule has 2 rings (SSSR count). The van der Waals surface area contributed by atoms with Crippen LogP contribution in [0.5, 0.6) is 11.8 Å². The summed E-state index contributed by atoms with van der Waals surface area (Å²) in [5, 5.41) is 13.9. The van der Waals surface area contributed by atoms with Crippen molar-refractivity contribution in [3.8, 4) is 11.8 Å². The number of hydrogen-bond donors (Lipinski definition) is 3. The van der Waals surface area contributed by atoms with E-state index in [0.717, 1.165) is 5.69 Å². The van der Waals surface area contributed by atoms with Gasteiger partial charge in [-0.2, -0.15) is 0 Å². The van der Waals surface area contributed by atoms with E-state index in [2.05, 4.69) is 20.2 Å². The summed E-state index contributed by atoms with van der Waals surface area (Å²) in [5.41, 5.74) is 6.41. The fraction of sp³-hybridized carbons (Fsp3) is 0.111. The summed E-state index contributed by atoms with van der Waals surface area (Å²) in [7, 11) is 0. The minimum atomic E-state index is -0.199. The summed E-state index contributed by atoms with van der Waals surface area (Å²) >= 11 is 0. The van der Waals surface area contributed by atoms with Crippen molar-refractivity contribution < 1.29 is 4.74 Å². The van der Waals surface area contributed by atoms with Gasteiger partial charge in [0.1, 0.15) is 5.84 Å². The van der Waals surface area contributed by atoms with Crippen LogP contribution in [0, 0.1) is 12.3 Å². The molecule has 0 atom stereocenters. The molecule has 0 saturated carbocycles. The van der Waals surface area contributed by atoms with Crippen molar-refractivity contribution in [3.05, 3.63) is 29.8 Å². The number of nitrogens with zero attached hydrogens (tertiary/aromatic N) is 3. The number of H-pyrrole nitrogens is 1. The molecule has 7 heteroatoms. The number of hydrogen-bond acceptors (Lipinski definition) is 5. The van der Waals surface area contributed by atoms with Crippen molar-refractivity contribution >= 4 is 5.84 Å². The Labute approximate surface area is 91.2 Å². The molecule has 0 saturated heterocycles. The van der Waals surface area contributed by atoms with Crippen molar-refractivity contribution in [2.24, 2.45) is 5.73 Å². The largest absolute Gasteiger partial charge is 0.417 e. The molecule has 82 valence electrons. The van der Waals surface area contributed by atoms with Gasteiger partial charge < -0.3 is 10.5 Å². The van der Waals surface area contributed by atoms with Gasteiger partial charge in [-0.25, -0.2) is 9.97 Å². The highest BCUT2D eigenvalue weighted by Crippen LogP contribution is 2.19. The quantitative estimate of drug-likeness (QED) is 0.515. The van der Waals surface area contributed by atoms with Gasteiger partial charge in [0, 0.05) is 24.2 Å². The summed E-state index contributed by atoms with van der Waals surface area (Å²) < 4.78 is 5.35. The van der Waals surface area contributed by atoms with Gasteiger partial charge in [-0.1, -0.05) is 0 Å². The SMILES string of the molecule is Cc1cc(Oc2nccnc2C(=N)N)n[nH]1. The maximum absolute atomic E-state index is 7.31. The molecule has 7 nitrogen and oxygen atoms in total. The van der Waals surface area contributed by atoms with Crippen LogP contribution < -0.4 is 10.5 Å². The van der Waals surface area contributed by atoms with Crippen LogP contribution in [0.1, 0.15) is 11.4 Å². The Morgan fingerprint density at radius 1 is 1.44 bits per heavy atom. The molecule has 0 bridgehead atoms. The van der Waals surface area contributed by atoms with Gasteiger partial charge in [-0.05, 0) is 6.92 Å². The van der Waals surface area contributed by atoms with Crippen molar-refractivity contribution in [2.45, 2.75) is 6.92 Å². The van der Waals surface area contributed by atoms with Gasteiger partial charge in [-0.15, -0.1) is 5.10 Å². The highest BCUT2D eigenvalue weighted by molar-refractivity contribution is 5.95. The van der Waals surface area contributed by atoms with Crippen LogP contribution in [0.2, 0.25) is 0 Å². The Kier molecular flexibility index (Phi) is 2.50. The van der Waals surface area contributed by atoms with E-state index in [0.29, 0.717) is 5.88 Å². The van der Waals surface area contributed by atoms with E-state index in [1.165, 1.54) is 12.4 Å². The van der Waals surface area contributed by atoms with E-state index in [9.17, 15) is 0 Å². The molecule has 0 radical (unpaired) electrons. The molecular formula is C9H10N6O. The minimum Gasteiger partial charge on any atom is -0.417 e. The van der Waals surface area contributed by atoms with Crippen LogP contribution in [0.15, 0.2) is 18.5 Å². The third kappa shape index (κ3) is 1.97. The molecule has 2 aromatic heterocycles. The second kappa shape index (κ2) is 3.97. The van der Waals surface area contributed by atoms with E-state index >= 15 is 0 Å². The fourth-order valence-corrected chi connectivity index (χ4v) is 1.13. The predicted molar refractivity (Wildman–Crippen MR) is 56.4 cm³/mol. The summed E-state index contributed by atoms with van der Waals surface area (Å²) in [5.74, 6) is 0.331. The molecule has 2 heterocycles. The number of nitrogens with two attached hydrogens (primary N) is 1. The maximum Gasteiger partial charge on any atom is 0.251 e. The van der Waals surface area contributed by atoms with E-state index in [4.69, 9.17) is 15.9 Å². The molecule has 16 heavy (non-hydrogen) atoms. The Balaban J connectivity index is 2.31. The Morgan fingerprint density at radius 3 is 2.81 bits per heavy atom. The molecule has 0 aromatic carbocycles. The van der Waals surface area contributed by atoms with Crippen LogP contribution in [0.4, 0.5) is 0 Å². The van der Waals surface area contributed by atoms with Gasteiger partial charge >= 0.3 is 0 Å². The second-order valence-corrected chi connectivity index (χ2v) is 3.12. The number of nitrogen functional groups attached to an aromatic ring is 1. The van der Waals surface area contributed by atoms with Crippen molar-refractivity contribution in [2.75, 3.05) is 0 Å². The molecule has 0 unspecified atom stereocenters. The van der Waals surface area contributed by atoms with E-state index in [1.807, 2.05) is 6.92 Å². The molecule has 0 aliphatic rings. The second-order valence-electron chi connectivity index (χ2n) is 3.12. The van der Waals surface area contributed by atoms with Crippen molar-refractivity contribution in [1.29, 1.82) is 5.41 Å². The van der Waals surface area contributed by atoms with E-state index in [-0.39, 0.29) is 17.4 Å². The van der Waals surface area contributed by atoms with Crippen LogP contribution in [0.25, 0.3) is 0 Å². The topological polar surface area (TPSA) is 114 Å². The highest BCUT2D eigenvalue weighted by Gasteiger charge is 2.11. The van der Waals surface area contributed by atoms with Crippen molar-refractivity contribution in [1.82, 2.24) is 20.2 Å². The first-order valence-electron chi connectivity index (χ1n) is 4.52. The highest BCUT2D eigenvalue weighted by atomic mass is 16.5. The van der Waals surface area contributed by atoms with E-state index in [1.54, 1.807) is 6.07 Å². The number of aromatic nitrogens is 4. The lowest BCUT2D eigenvalue weighted by Crippen LogP contribution is -2.15. The van der Waals surface area contributed by atoms with Gasteiger partial charge in [0.2, 0.25) is 5.88 Å². The maximum atomic E-state index is 7.31. The number of rotatable bonds is 3. The fourth-order valence-electron chi connectivity index (χ4n) is 1.13. The Bertz CT molecular complexity index is 520. The summed E-state index contributed by atoms with van der Waals surface area (Å²) in [6.07, 6.45) is 2.90. The normalized spacial score (nSPS) is 10.1. The first-order valence-corrected chi connectivity index (χ1v) is 4.52. The number of amidine groups is 1. The van der Waals surface area contributed by atoms with Crippen LogP contribution in [-0.4, -0.2) is 26.0 Å². The number of aromatic amines is 1. The first kappa shape index (κ1) is 10.1. The molecular weight excluding hydrogens is 208 g/mol. The number of ether oxygens (including phenoxy) is 1. The van der Waals surface area contributed by atoms with Crippen LogP contribution in [-0.2, 0) is 0 Å². The number of nitrogens with one attached hydrogen (secondary N) is 2. The van der Waals surface area contributed by atoms with Crippen molar-refractivity contribution in [3.63, 3.8) is 0 Å². The predicted octanol–water partition coefficient (Wildman–Crippen LogP) is 0.584. The Morgan fingerprint density at radius 2 is 2.19 bits per heavy atom. The lowest BCUT2D eigenvalue weighted by Gasteiger charge is -2.04. The molecule has 0 amide bonds. The first-order chi connectivity index (χ1) is 7.66. The monoisotopic (exact) mass is 218 g/mol. The minimum absolute atomic E-state index is 0.168. The third-order valence-corrected chi connectivity index (χ3v) is 1.80. The van der Waals surface area contributed by atoms with E-state index < -0.39 is 0 Å². The van der Waals surface area contributed by atoms with Crippen LogP contribution >= 0.6 is 0 Å². The zero-order chi connectivity index (χ0) is 11.5. The molecule has 0 aliphatic heterocycles. The lowest BCUT2D eigenvalue weighted by molar-refractivity contribution is 0.439. The summed E-state index contributed by atoms with van der Waals surface area (Å²) in [6, 6.07) is 1.71. The van der Waals surface area contributed by atoms with Gasteiger partial charge in [0.25, 0.3) is 5.88 Å². The average molecular weight is 218 g/mol. The molecule has 0 spiro atoms. The van der Waals surface area contributed by atoms with Crippen LogP contribution in [0.3, 0.4) is 0 Å². The molecule has 0 aliphatic carbocycles. The molecule has 2 aromatic rings. The van der Waals surface area contributed by atoms with Gasteiger partial charge in [0.15, 0.2) is 5.69 Å². The molecule has 0 fully saturated rings. The smallest absolute Gasteiger partial charge is 0.251 e. The zero-order valence-corrected chi connectivity index (χ0v) is 8.56. The lowest BCUT2D eigenvalue weighted by atomic mass is 10.4. The standard InChI is InChI=1S/C9H10N6O/c1-5-4-6(15-14-5)16-9-7(8(10)11)12-2-3-13-9/h2-4H,1H3,(H3,10,11)(H,14,15). The van der Waals surface area contributed by atoms with Gasteiger partial charge in [0.05, 0.1) is 0 Å². The Hall–Kier alpha value is -2.44. The zero-order valence-electron chi connectivity index (χ0n) is 8.56. The van der Waals surface area contributed by atoms with Gasteiger partial charge in [-0.3, -0.25) is 10.5 Å². The summed E-state index contributed by atoms with van der Waals surface area (Å²) in [4.78, 5) is 7.85. The number of aryl methyl sites for hydroxylation is 1. The third-order valence-electron chi connectivity index (χ3n) is 1.80. The average Bonchev–Trinajstić information content (AvgIpc) is 2.64.